The van der Waals surface area contributed by atoms with Crippen molar-refractivity contribution in [3.8, 4) is 0 Å². The van der Waals surface area contributed by atoms with Crippen LogP contribution in [0.5, 0.6) is 0 Å². The fraction of sp³-hybridized carbons (Fsp3) is 0.708. The Balaban J connectivity index is 1.71. The summed E-state index contributed by atoms with van der Waals surface area (Å²) in [6.07, 6.45) is 52.8. The molecule has 14 nitrogen and oxygen atoms in total. The van der Waals surface area contributed by atoms with Crippen molar-refractivity contribution < 1.29 is 69.0 Å². The van der Waals surface area contributed by atoms with Crippen molar-refractivity contribution in [1.82, 2.24) is 0 Å². The van der Waals surface area contributed by atoms with Crippen molar-refractivity contribution in [3.05, 3.63) is 109 Å². The van der Waals surface area contributed by atoms with Gasteiger partial charge < -0.3 is 64.2 Å². The van der Waals surface area contributed by atoms with Crippen molar-refractivity contribution in [2.24, 2.45) is 0 Å². The van der Waals surface area contributed by atoms with Crippen LogP contribution in [0, 0.1) is 0 Å². The molecule has 0 amide bonds. The van der Waals surface area contributed by atoms with Gasteiger partial charge in [0.2, 0.25) is 0 Å². The maximum atomic E-state index is 13.1. The molecular weight excluding hydrogens is 1000 g/mol. The largest absolute Gasteiger partial charge is 0.457 e. The number of aliphatic hydroxyl groups excluding tert-OH is 7. The Morgan fingerprint density at radius 2 is 0.785 bits per heavy atom. The molecule has 2 fully saturated rings. The Morgan fingerprint density at radius 3 is 1.23 bits per heavy atom. The number of hydrogen-bond acceptors (Lipinski definition) is 14. The van der Waals surface area contributed by atoms with Crippen LogP contribution in [-0.2, 0) is 33.2 Å². The van der Waals surface area contributed by atoms with Crippen molar-refractivity contribution in [3.63, 3.8) is 0 Å². The van der Waals surface area contributed by atoms with Gasteiger partial charge in [0.25, 0.3) is 0 Å². The number of rotatable bonds is 48. The van der Waals surface area contributed by atoms with E-state index in [1.54, 1.807) is 0 Å². The number of hydrogen-bond donors (Lipinski definition) is 7. The minimum atomic E-state index is -1.72. The van der Waals surface area contributed by atoms with E-state index in [1.807, 2.05) is 0 Å². The van der Waals surface area contributed by atoms with Gasteiger partial charge in [-0.3, -0.25) is 4.79 Å². The van der Waals surface area contributed by atoms with E-state index in [0.717, 1.165) is 116 Å². The second-order valence-corrected chi connectivity index (χ2v) is 20.8. The Labute approximate surface area is 476 Å². The Bertz CT molecular complexity index is 1720. The van der Waals surface area contributed by atoms with Crippen molar-refractivity contribution >= 4 is 5.97 Å². The molecule has 2 aliphatic heterocycles. The molecule has 2 saturated heterocycles. The summed E-state index contributed by atoms with van der Waals surface area (Å²) in [4.78, 5) is 13.1. The van der Waals surface area contributed by atoms with Gasteiger partial charge >= 0.3 is 5.97 Å². The molecule has 11 unspecified atom stereocenters. The van der Waals surface area contributed by atoms with Gasteiger partial charge in [0, 0.05) is 13.0 Å². The minimum absolute atomic E-state index is 0.0443. The fourth-order valence-corrected chi connectivity index (χ4v) is 8.95. The summed E-state index contributed by atoms with van der Waals surface area (Å²) in [6, 6.07) is 0. The maximum Gasteiger partial charge on any atom is 0.306 e. The molecule has 2 aliphatic rings. The lowest BCUT2D eigenvalue weighted by Gasteiger charge is -2.42. The van der Waals surface area contributed by atoms with E-state index in [0.29, 0.717) is 13.0 Å². The van der Waals surface area contributed by atoms with Crippen LogP contribution in [0.2, 0.25) is 0 Å². The van der Waals surface area contributed by atoms with Gasteiger partial charge in [-0.1, -0.05) is 200 Å². The zero-order valence-electron chi connectivity index (χ0n) is 48.6. The molecule has 0 aromatic rings. The number of allylic oxidation sites excluding steroid dienone is 18. The van der Waals surface area contributed by atoms with Crippen molar-refractivity contribution in [1.29, 1.82) is 0 Å². The van der Waals surface area contributed by atoms with E-state index in [1.165, 1.54) is 51.4 Å². The summed E-state index contributed by atoms with van der Waals surface area (Å²) in [7, 11) is 0. The standard InChI is InChI=1S/C65H108O14/c1-3-5-7-9-11-13-15-17-19-21-23-25-26-27-29-31-33-35-37-39-41-43-45-47-49-74-51-54(52-75-64-63(73)61(71)59(69)56(79-64)53-76-65-62(72)60(70)58(68)55(50-66)78-65)77-57(67)48-46-44-42-40-38-36-34-32-30-28-24-22-20-18-16-14-12-10-8-6-4-2/h5-8,11-14,17-20,23-25,28,32,34,54-56,58-66,68-73H,3-4,9-10,15-16,21-22,26-27,29-31,33,35-53H2,1-2H3/b7-5-,8-6-,13-11-,14-12-,19-17-,20-18-,25-23-,28-24-,34-32-. The highest BCUT2D eigenvalue weighted by Crippen LogP contribution is 2.26. The number of carbonyl (C=O) groups is 1. The summed E-state index contributed by atoms with van der Waals surface area (Å²) in [5.41, 5.74) is 0. The zero-order valence-corrected chi connectivity index (χ0v) is 48.6. The van der Waals surface area contributed by atoms with Gasteiger partial charge in [0.05, 0.1) is 26.4 Å². The lowest BCUT2D eigenvalue weighted by Crippen LogP contribution is -2.61. The smallest absolute Gasteiger partial charge is 0.306 e. The van der Waals surface area contributed by atoms with E-state index in [4.69, 9.17) is 28.4 Å². The fourth-order valence-electron chi connectivity index (χ4n) is 8.95. The lowest BCUT2D eigenvalue weighted by atomic mass is 9.98. The van der Waals surface area contributed by atoms with Crippen LogP contribution in [0.15, 0.2) is 109 Å². The van der Waals surface area contributed by atoms with E-state index in [2.05, 4.69) is 123 Å². The summed E-state index contributed by atoms with van der Waals surface area (Å²) >= 11 is 0. The average Bonchev–Trinajstić information content (AvgIpc) is 3.45. The summed E-state index contributed by atoms with van der Waals surface area (Å²) in [6.45, 7) is 3.42. The van der Waals surface area contributed by atoms with Crippen LogP contribution in [0.25, 0.3) is 0 Å². The van der Waals surface area contributed by atoms with Crippen LogP contribution in [0.1, 0.15) is 194 Å². The van der Waals surface area contributed by atoms with Crippen LogP contribution in [0.4, 0.5) is 0 Å². The van der Waals surface area contributed by atoms with E-state index in [9.17, 15) is 40.5 Å². The minimum Gasteiger partial charge on any atom is -0.457 e. The van der Waals surface area contributed by atoms with Crippen LogP contribution in [-0.4, -0.2) is 142 Å². The predicted molar refractivity (Wildman–Crippen MR) is 316 cm³/mol. The van der Waals surface area contributed by atoms with Gasteiger partial charge in [-0.25, -0.2) is 0 Å². The van der Waals surface area contributed by atoms with Gasteiger partial charge in [0.1, 0.15) is 54.9 Å². The van der Waals surface area contributed by atoms with Crippen molar-refractivity contribution in [2.45, 2.75) is 261 Å². The lowest BCUT2D eigenvalue weighted by molar-refractivity contribution is -0.332. The quantitative estimate of drug-likeness (QED) is 0.0172. The molecule has 452 valence electrons. The maximum absolute atomic E-state index is 13.1. The molecule has 0 aromatic heterocycles. The molecule has 0 aromatic carbocycles. The summed E-state index contributed by atoms with van der Waals surface area (Å²) < 4.78 is 34.4. The molecule has 79 heavy (non-hydrogen) atoms. The summed E-state index contributed by atoms with van der Waals surface area (Å²) in [5.74, 6) is -0.399. The van der Waals surface area contributed by atoms with E-state index >= 15 is 0 Å². The molecule has 0 saturated carbocycles. The molecule has 0 aliphatic carbocycles. The third-order valence-corrected chi connectivity index (χ3v) is 13.8. The number of carbonyl (C=O) groups excluding carboxylic acids is 1. The van der Waals surface area contributed by atoms with Crippen molar-refractivity contribution in [2.75, 3.05) is 33.0 Å². The molecule has 0 bridgehead atoms. The molecule has 2 heterocycles. The van der Waals surface area contributed by atoms with E-state index in [-0.39, 0.29) is 19.6 Å². The molecule has 11 atom stereocenters. The third kappa shape index (κ3) is 36.7. The summed E-state index contributed by atoms with van der Waals surface area (Å²) in [5, 5.41) is 72.4. The molecule has 0 radical (unpaired) electrons. The van der Waals surface area contributed by atoms with Gasteiger partial charge in [-0.2, -0.15) is 0 Å². The van der Waals surface area contributed by atoms with E-state index < -0.39 is 86.7 Å². The third-order valence-electron chi connectivity index (χ3n) is 13.8. The SMILES string of the molecule is CC/C=C\C/C=C\C/C=C\C/C=C\C/C=C\CCCCCCCC(=O)OC(COCCCCCCCCCCCCC/C=C\C/C=C\C/C=C\C/C=C\CC)COC1OC(COC2OC(CO)C(O)C(O)C2O)C(O)C(O)C1O. The Hall–Kier alpha value is -3.35. The monoisotopic (exact) mass is 1110 g/mol. The molecular formula is C65H108O14. The molecule has 2 rings (SSSR count). The second-order valence-electron chi connectivity index (χ2n) is 20.8. The predicted octanol–water partition coefficient (Wildman–Crippen LogP) is 11.5. The zero-order chi connectivity index (χ0) is 57.2. The number of aliphatic hydroxyl groups is 7. The highest BCUT2D eigenvalue weighted by atomic mass is 16.7. The first-order valence-corrected chi connectivity index (χ1v) is 30.5. The first-order chi connectivity index (χ1) is 38.6. The highest BCUT2D eigenvalue weighted by molar-refractivity contribution is 5.69. The second kappa shape index (κ2) is 50.4. The topological polar surface area (TPSA) is 214 Å². The van der Waals surface area contributed by atoms with Crippen LogP contribution >= 0.6 is 0 Å². The van der Waals surface area contributed by atoms with Crippen LogP contribution in [0.3, 0.4) is 0 Å². The number of unbranched alkanes of at least 4 members (excludes halogenated alkanes) is 16. The molecule has 0 spiro atoms. The Kier molecular flexibility index (Phi) is 45.8. The van der Waals surface area contributed by atoms with Gasteiger partial charge in [-0.05, 0) is 96.3 Å². The average molecular weight is 1110 g/mol. The highest BCUT2D eigenvalue weighted by Gasteiger charge is 2.47. The normalized spacial score (nSPS) is 24.8. The molecule has 7 N–H and O–H groups in total. The number of esters is 1. The first-order valence-electron chi connectivity index (χ1n) is 30.5. The van der Waals surface area contributed by atoms with Crippen LogP contribution < -0.4 is 0 Å². The van der Waals surface area contributed by atoms with Gasteiger partial charge in [-0.15, -0.1) is 0 Å². The molecule has 14 heteroatoms. The Morgan fingerprint density at radius 1 is 0.418 bits per heavy atom. The number of ether oxygens (including phenoxy) is 6. The first kappa shape index (κ1) is 71.8. The van der Waals surface area contributed by atoms with Gasteiger partial charge in [0.15, 0.2) is 12.6 Å².